The highest BCUT2D eigenvalue weighted by Gasteiger charge is 2.36. The molecule has 2 aliphatic rings. The zero-order chi connectivity index (χ0) is 13.1. The van der Waals surface area contributed by atoms with Crippen molar-refractivity contribution in [2.45, 2.75) is 25.7 Å². The van der Waals surface area contributed by atoms with Crippen LogP contribution in [0.2, 0.25) is 0 Å². The molecular weight excluding hydrogens is 236 g/mol. The Bertz CT molecular complexity index is 435. The molecule has 1 aliphatic carbocycles. The third-order valence-electron chi connectivity index (χ3n) is 4.50. The van der Waals surface area contributed by atoms with Crippen molar-refractivity contribution in [2.24, 2.45) is 11.1 Å². The van der Waals surface area contributed by atoms with Gasteiger partial charge in [-0.25, -0.2) is 0 Å². The van der Waals surface area contributed by atoms with Crippen molar-refractivity contribution in [3.63, 3.8) is 0 Å². The molecule has 0 saturated carbocycles. The van der Waals surface area contributed by atoms with Gasteiger partial charge in [0.15, 0.2) is 0 Å². The molecule has 0 bridgehead atoms. The molecule has 1 fully saturated rings. The van der Waals surface area contributed by atoms with Crippen molar-refractivity contribution in [3.05, 3.63) is 34.9 Å². The Hall–Kier alpha value is -0.900. The molecule has 3 nitrogen and oxygen atoms in total. The predicted octanol–water partition coefficient (Wildman–Crippen LogP) is 1.28. The summed E-state index contributed by atoms with van der Waals surface area (Å²) in [6.07, 6.45) is 4.97. The second-order valence-corrected chi connectivity index (χ2v) is 6.08. The molecule has 0 amide bonds. The summed E-state index contributed by atoms with van der Waals surface area (Å²) in [6.45, 7) is 4.36. The maximum Gasteiger partial charge on any atom is 0.0569 e. The zero-order valence-electron chi connectivity index (χ0n) is 11.6. The van der Waals surface area contributed by atoms with Crippen molar-refractivity contribution in [1.29, 1.82) is 0 Å². The van der Waals surface area contributed by atoms with Crippen molar-refractivity contribution in [3.8, 4) is 0 Å². The second kappa shape index (κ2) is 5.61. The molecule has 0 unspecified atom stereocenters. The number of rotatable bonds is 6. The molecule has 0 radical (unpaired) electrons. The van der Waals surface area contributed by atoms with Crippen LogP contribution in [-0.2, 0) is 24.0 Å². The van der Waals surface area contributed by atoms with Crippen LogP contribution >= 0.6 is 0 Å². The third-order valence-corrected chi connectivity index (χ3v) is 4.50. The highest BCUT2D eigenvalue weighted by atomic mass is 16.5. The van der Waals surface area contributed by atoms with Gasteiger partial charge in [0, 0.05) is 18.5 Å². The van der Waals surface area contributed by atoms with Gasteiger partial charge in [0.25, 0.3) is 0 Å². The van der Waals surface area contributed by atoms with E-state index in [4.69, 9.17) is 10.5 Å². The van der Waals surface area contributed by atoms with E-state index in [1.165, 1.54) is 24.8 Å². The standard InChI is InChI=1S/C16H24N2O/c17-9-16(11-19-12-16)10-18-7-6-13-4-5-14-2-1-3-15(14)8-13/h4-5,8,18H,1-3,6-7,9-12,17H2. The largest absolute Gasteiger partial charge is 0.380 e. The maximum absolute atomic E-state index is 5.80. The normalized spacial score (nSPS) is 20.1. The molecular formula is C16H24N2O. The molecule has 19 heavy (non-hydrogen) atoms. The van der Waals surface area contributed by atoms with E-state index in [1.54, 1.807) is 11.1 Å². The lowest BCUT2D eigenvalue weighted by molar-refractivity contribution is -0.104. The summed E-state index contributed by atoms with van der Waals surface area (Å²) in [4.78, 5) is 0. The molecule has 1 aromatic carbocycles. The average molecular weight is 260 g/mol. The number of ether oxygens (including phenoxy) is 1. The molecule has 3 rings (SSSR count). The van der Waals surface area contributed by atoms with Crippen molar-refractivity contribution < 1.29 is 4.74 Å². The van der Waals surface area contributed by atoms with Crippen LogP contribution in [0.4, 0.5) is 0 Å². The Morgan fingerprint density at radius 1 is 1.21 bits per heavy atom. The SMILES string of the molecule is NCC1(CNCCc2ccc3c(c2)CCC3)COC1. The van der Waals surface area contributed by atoms with Crippen LogP contribution < -0.4 is 11.1 Å². The summed E-state index contributed by atoms with van der Waals surface area (Å²) in [6, 6.07) is 7.00. The third kappa shape index (κ3) is 2.83. The number of aryl methyl sites for hydroxylation is 2. The monoisotopic (exact) mass is 260 g/mol. The lowest BCUT2D eigenvalue weighted by atomic mass is 9.86. The van der Waals surface area contributed by atoms with Crippen LogP contribution in [0, 0.1) is 5.41 Å². The minimum absolute atomic E-state index is 0.206. The Morgan fingerprint density at radius 2 is 2.05 bits per heavy atom. The minimum atomic E-state index is 0.206. The fourth-order valence-electron chi connectivity index (χ4n) is 3.05. The van der Waals surface area contributed by atoms with Crippen LogP contribution in [0.15, 0.2) is 18.2 Å². The molecule has 1 aliphatic heterocycles. The van der Waals surface area contributed by atoms with E-state index in [9.17, 15) is 0 Å². The smallest absolute Gasteiger partial charge is 0.0569 e. The van der Waals surface area contributed by atoms with Gasteiger partial charge in [0.2, 0.25) is 0 Å². The lowest BCUT2D eigenvalue weighted by Gasteiger charge is -2.40. The van der Waals surface area contributed by atoms with Gasteiger partial charge in [0.1, 0.15) is 0 Å². The first-order chi connectivity index (χ1) is 9.31. The summed E-state index contributed by atoms with van der Waals surface area (Å²) >= 11 is 0. The highest BCUT2D eigenvalue weighted by molar-refractivity contribution is 5.35. The number of fused-ring (bicyclic) bond motifs is 1. The summed E-state index contributed by atoms with van der Waals surface area (Å²) < 4.78 is 5.27. The van der Waals surface area contributed by atoms with Crippen LogP contribution in [0.25, 0.3) is 0 Å². The van der Waals surface area contributed by atoms with Gasteiger partial charge in [-0.3, -0.25) is 0 Å². The summed E-state index contributed by atoms with van der Waals surface area (Å²) in [5, 5.41) is 3.54. The molecule has 104 valence electrons. The van der Waals surface area contributed by atoms with Crippen LogP contribution in [0.3, 0.4) is 0 Å². The molecule has 0 atom stereocenters. The number of hydrogen-bond donors (Lipinski definition) is 2. The Morgan fingerprint density at radius 3 is 2.79 bits per heavy atom. The van der Waals surface area contributed by atoms with E-state index in [1.807, 2.05) is 0 Å². The number of benzene rings is 1. The Labute approximate surface area is 115 Å². The summed E-state index contributed by atoms with van der Waals surface area (Å²) in [5.41, 5.74) is 10.6. The summed E-state index contributed by atoms with van der Waals surface area (Å²) in [5.74, 6) is 0. The fraction of sp³-hybridized carbons (Fsp3) is 0.625. The minimum Gasteiger partial charge on any atom is -0.380 e. The van der Waals surface area contributed by atoms with E-state index < -0.39 is 0 Å². The first-order valence-corrected chi connectivity index (χ1v) is 7.41. The molecule has 3 heteroatoms. The molecule has 1 heterocycles. The summed E-state index contributed by atoms with van der Waals surface area (Å²) in [7, 11) is 0. The van der Waals surface area contributed by atoms with Gasteiger partial charge in [0.05, 0.1) is 13.2 Å². The zero-order valence-corrected chi connectivity index (χ0v) is 11.6. The Kier molecular flexibility index (Phi) is 3.87. The van der Waals surface area contributed by atoms with E-state index >= 15 is 0 Å². The van der Waals surface area contributed by atoms with Gasteiger partial charge >= 0.3 is 0 Å². The first kappa shape index (κ1) is 13.1. The number of nitrogens with one attached hydrogen (secondary N) is 1. The molecule has 3 N–H and O–H groups in total. The van der Waals surface area contributed by atoms with Crippen LogP contribution in [0.1, 0.15) is 23.1 Å². The van der Waals surface area contributed by atoms with Crippen molar-refractivity contribution in [1.82, 2.24) is 5.32 Å². The number of hydrogen-bond acceptors (Lipinski definition) is 3. The van der Waals surface area contributed by atoms with Gasteiger partial charge in [-0.05, 0) is 48.9 Å². The quantitative estimate of drug-likeness (QED) is 0.758. The van der Waals surface area contributed by atoms with E-state index in [2.05, 4.69) is 23.5 Å². The van der Waals surface area contributed by atoms with E-state index in [0.29, 0.717) is 0 Å². The fourth-order valence-corrected chi connectivity index (χ4v) is 3.05. The highest BCUT2D eigenvalue weighted by Crippen LogP contribution is 2.25. The molecule has 0 aromatic heterocycles. The van der Waals surface area contributed by atoms with Crippen molar-refractivity contribution in [2.75, 3.05) is 32.8 Å². The average Bonchev–Trinajstić information content (AvgIpc) is 2.84. The molecule has 0 spiro atoms. The van der Waals surface area contributed by atoms with Crippen LogP contribution in [0.5, 0.6) is 0 Å². The van der Waals surface area contributed by atoms with Crippen molar-refractivity contribution >= 4 is 0 Å². The van der Waals surface area contributed by atoms with Gasteiger partial charge in [-0.1, -0.05) is 18.2 Å². The topological polar surface area (TPSA) is 47.3 Å². The maximum atomic E-state index is 5.80. The first-order valence-electron chi connectivity index (χ1n) is 7.41. The van der Waals surface area contributed by atoms with E-state index in [0.717, 1.165) is 39.3 Å². The predicted molar refractivity (Wildman–Crippen MR) is 77.3 cm³/mol. The molecule has 1 saturated heterocycles. The number of nitrogens with two attached hydrogens (primary N) is 1. The Balaban J connectivity index is 1.45. The lowest BCUT2D eigenvalue weighted by Crippen LogP contribution is -2.54. The van der Waals surface area contributed by atoms with E-state index in [-0.39, 0.29) is 5.41 Å². The van der Waals surface area contributed by atoms with Gasteiger partial charge in [-0.15, -0.1) is 0 Å². The van der Waals surface area contributed by atoms with Gasteiger partial charge < -0.3 is 15.8 Å². The second-order valence-electron chi connectivity index (χ2n) is 6.08. The van der Waals surface area contributed by atoms with Crippen LogP contribution in [-0.4, -0.2) is 32.8 Å². The van der Waals surface area contributed by atoms with Gasteiger partial charge in [-0.2, -0.15) is 0 Å². The molecule has 1 aromatic rings.